The molecule has 0 spiro atoms. The fourth-order valence-corrected chi connectivity index (χ4v) is 1.23. The molecule has 1 rings (SSSR count). The quantitative estimate of drug-likeness (QED) is 0.271. The van der Waals surface area contributed by atoms with E-state index in [1.54, 1.807) is 0 Å². The summed E-state index contributed by atoms with van der Waals surface area (Å²) >= 11 is 0. The third kappa shape index (κ3) is 5.38. The second kappa shape index (κ2) is 7.07. The first-order valence-electron chi connectivity index (χ1n) is 5.23. The van der Waals surface area contributed by atoms with Crippen molar-refractivity contribution in [2.45, 2.75) is 13.3 Å². The Balaban J connectivity index is 2.53. The molecule has 0 saturated heterocycles. The number of rotatable bonds is 3. The van der Waals surface area contributed by atoms with E-state index in [0.29, 0.717) is 13.0 Å². The zero-order chi connectivity index (χ0) is 12.5. The molecule has 0 atom stereocenters. The van der Waals surface area contributed by atoms with Crippen molar-refractivity contribution in [2.75, 3.05) is 6.54 Å². The van der Waals surface area contributed by atoms with Gasteiger partial charge in [0.25, 0.3) is 0 Å². The normalized spacial score (nSPS) is 9.71. The van der Waals surface area contributed by atoms with Crippen LogP contribution < -0.4 is 5.32 Å². The SMILES string of the molecule is CC(=O)NCCC#Cc1cccc(C=NO)c1. The lowest BCUT2D eigenvalue weighted by Crippen LogP contribution is -2.20. The fraction of sp³-hybridized carbons (Fsp3) is 0.231. The van der Waals surface area contributed by atoms with E-state index in [1.807, 2.05) is 24.3 Å². The van der Waals surface area contributed by atoms with Crippen LogP contribution in [-0.4, -0.2) is 23.9 Å². The first-order chi connectivity index (χ1) is 8.22. The number of carbonyl (C=O) groups excluding carboxylic acids is 1. The van der Waals surface area contributed by atoms with Crippen LogP contribution in [0.1, 0.15) is 24.5 Å². The van der Waals surface area contributed by atoms with E-state index in [1.165, 1.54) is 13.1 Å². The lowest BCUT2D eigenvalue weighted by molar-refractivity contribution is -0.118. The number of nitrogens with zero attached hydrogens (tertiary/aromatic N) is 1. The van der Waals surface area contributed by atoms with Gasteiger partial charge in [-0.3, -0.25) is 4.79 Å². The van der Waals surface area contributed by atoms with Crippen molar-refractivity contribution in [3.8, 4) is 11.8 Å². The van der Waals surface area contributed by atoms with Gasteiger partial charge in [-0.15, -0.1) is 0 Å². The van der Waals surface area contributed by atoms with Crippen LogP contribution in [0.15, 0.2) is 29.4 Å². The number of oxime groups is 1. The summed E-state index contributed by atoms with van der Waals surface area (Å²) in [4.78, 5) is 10.6. The summed E-state index contributed by atoms with van der Waals surface area (Å²) in [6.45, 7) is 2.03. The van der Waals surface area contributed by atoms with E-state index in [9.17, 15) is 4.79 Å². The highest BCUT2D eigenvalue weighted by molar-refractivity contribution is 5.79. The number of hydrogen-bond acceptors (Lipinski definition) is 3. The Labute approximate surface area is 100 Å². The molecule has 0 aliphatic carbocycles. The Kier molecular flexibility index (Phi) is 5.32. The molecule has 17 heavy (non-hydrogen) atoms. The molecule has 0 aromatic heterocycles. The maximum Gasteiger partial charge on any atom is 0.216 e. The number of amides is 1. The van der Waals surface area contributed by atoms with E-state index in [4.69, 9.17) is 5.21 Å². The van der Waals surface area contributed by atoms with Gasteiger partial charge in [0.05, 0.1) is 6.21 Å². The Hall–Kier alpha value is -2.28. The Bertz CT molecular complexity index is 470. The van der Waals surface area contributed by atoms with Crippen molar-refractivity contribution in [1.82, 2.24) is 5.32 Å². The van der Waals surface area contributed by atoms with Crippen molar-refractivity contribution in [3.05, 3.63) is 35.4 Å². The molecule has 0 fully saturated rings. The fourth-order valence-electron chi connectivity index (χ4n) is 1.23. The largest absolute Gasteiger partial charge is 0.411 e. The van der Waals surface area contributed by atoms with Crippen LogP contribution in [-0.2, 0) is 4.79 Å². The van der Waals surface area contributed by atoms with E-state index in [-0.39, 0.29) is 5.91 Å². The van der Waals surface area contributed by atoms with Crippen LogP contribution in [0.2, 0.25) is 0 Å². The topological polar surface area (TPSA) is 61.7 Å². The maximum atomic E-state index is 10.6. The van der Waals surface area contributed by atoms with Gasteiger partial charge in [-0.05, 0) is 17.7 Å². The Morgan fingerprint density at radius 2 is 2.41 bits per heavy atom. The molecule has 0 unspecified atom stereocenters. The van der Waals surface area contributed by atoms with E-state index in [0.717, 1.165) is 11.1 Å². The van der Waals surface area contributed by atoms with Crippen molar-refractivity contribution < 1.29 is 10.0 Å². The van der Waals surface area contributed by atoms with Gasteiger partial charge in [0, 0.05) is 25.5 Å². The molecule has 0 aliphatic rings. The minimum absolute atomic E-state index is 0.0482. The van der Waals surface area contributed by atoms with Gasteiger partial charge < -0.3 is 10.5 Å². The molecule has 1 aromatic rings. The summed E-state index contributed by atoms with van der Waals surface area (Å²) in [5, 5.41) is 14.0. The zero-order valence-electron chi connectivity index (χ0n) is 9.60. The van der Waals surface area contributed by atoms with Gasteiger partial charge in [-0.1, -0.05) is 29.1 Å². The van der Waals surface area contributed by atoms with Gasteiger partial charge in [-0.25, -0.2) is 0 Å². The van der Waals surface area contributed by atoms with Gasteiger partial charge in [-0.2, -0.15) is 0 Å². The monoisotopic (exact) mass is 230 g/mol. The molecule has 1 aromatic carbocycles. The summed E-state index contributed by atoms with van der Waals surface area (Å²) in [5.41, 5.74) is 1.64. The number of nitrogens with one attached hydrogen (secondary N) is 1. The summed E-state index contributed by atoms with van der Waals surface area (Å²) in [6, 6.07) is 7.36. The van der Waals surface area contributed by atoms with E-state index >= 15 is 0 Å². The van der Waals surface area contributed by atoms with Crippen molar-refractivity contribution in [3.63, 3.8) is 0 Å². The van der Waals surface area contributed by atoms with Crippen molar-refractivity contribution >= 4 is 12.1 Å². The Morgan fingerprint density at radius 1 is 1.59 bits per heavy atom. The zero-order valence-corrected chi connectivity index (χ0v) is 9.60. The van der Waals surface area contributed by atoms with Crippen molar-refractivity contribution in [1.29, 1.82) is 0 Å². The van der Waals surface area contributed by atoms with E-state index in [2.05, 4.69) is 22.3 Å². The van der Waals surface area contributed by atoms with Gasteiger partial charge in [0.2, 0.25) is 5.91 Å². The standard InChI is InChI=1S/C13H14N2O2/c1-11(16)14-8-3-2-5-12-6-4-7-13(9-12)10-15-17/h4,6-7,9-10,17H,3,8H2,1H3,(H,14,16). The molecule has 0 bridgehead atoms. The molecule has 0 radical (unpaired) electrons. The number of hydrogen-bond donors (Lipinski definition) is 2. The van der Waals surface area contributed by atoms with Crippen LogP contribution in [0.4, 0.5) is 0 Å². The highest BCUT2D eigenvalue weighted by Crippen LogP contribution is 2.01. The molecular formula is C13H14N2O2. The minimum atomic E-state index is -0.0482. The third-order valence-electron chi connectivity index (χ3n) is 1.95. The van der Waals surface area contributed by atoms with Gasteiger partial charge in [0.15, 0.2) is 0 Å². The molecule has 0 heterocycles. The summed E-state index contributed by atoms with van der Waals surface area (Å²) in [5.74, 6) is 5.88. The minimum Gasteiger partial charge on any atom is -0.411 e. The third-order valence-corrected chi connectivity index (χ3v) is 1.95. The summed E-state index contributed by atoms with van der Waals surface area (Å²) < 4.78 is 0. The number of benzene rings is 1. The highest BCUT2D eigenvalue weighted by Gasteiger charge is 1.90. The summed E-state index contributed by atoms with van der Waals surface area (Å²) in [6.07, 6.45) is 1.96. The molecular weight excluding hydrogens is 216 g/mol. The second-order valence-electron chi connectivity index (χ2n) is 3.40. The van der Waals surface area contributed by atoms with Crippen molar-refractivity contribution in [2.24, 2.45) is 5.16 Å². The molecule has 88 valence electrons. The first kappa shape index (κ1) is 12.8. The first-order valence-corrected chi connectivity index (χ1v) is 5.23. The summed E-state index contributed by atoms with van der Waals surface area (Å²) in [7, 11) is 0. The van der Waals surface area contributed by atoms with Gasteiger partial charge in [0.1, 0.15) is 0 Å². The maximum absolute atomic E-state index is 10.6. The second-order valence-corrected chi connectivity index (χ2v) is 3.40. The van der Waals surface area contributed by atoms with Crippen LogP contribution >= 0.6 is 0 Å². The molecule has 1 amide bonds. The molecule has 4 heteroatoms. The smallest absolute Gasteiger partial charge is 0.216 e. The lowest BCUT2D eigenvalue weighted by atomic mass is 10.1. The van der Waals surface area contributed by atoms with Crippen LogP contribution in [0, 0.1) is 11.8 Å². The van der Waals surface area contributed by atoms with Crippen LogP contribution in [0.5, 0.6) is 0 Å². The lowest BCUT2D eigenvalue weighted by Gasteiger charge is -1.95. The molecule has 0 saturated carbocycles. The average Bonchev–Trinajstić information content (AvgIpc) is 2.29. The molecule has 2 N–H and O–H groups in total. The van der Waals surface area contributed by atoms with Crippen LogP contribution in [0.3, 0.4) is 0 Å². The van der Waals surface area contributed by atoms with Crippen LogP contribution in [0.25, 0.3) is 0 Å². The molecule has 4 nitrogen and oxygen atoms in total. The average molecular weight is 230 g/mol. The van der Waals surface area contributed by atoms with Gasteiger partial charge >= 0.3 is 0 Å². The van der Waals surface area contributed by atoms with E-state index < -0.39 is 0 Å². The predicted octanol–water partition coefficient (Wildman–Crippen LogP) is 1.37. The predicted molar refractivity (Wildman–Crippen MR) is 66.0 cm³/mol. The number of carbonyl (C=O) groups is 1. The highest BCUT2D eigenvalue weighted by atomic mass is 16.4. The Morgan fingerprint density at radius 3 is 3.12 bits per heavy atom. The molecule has 0 aliphatic heterocycles.